The first-order valence-electron chi connectivity index (χ1n) is 8.27. The Balaban J connectivity index is 1.78. The predicted molar refractivity (Wildman–Crippen MR) is 97.9 cm³/mol. The van der Waals surface area contributed by atoms with Gasteiger partial charge in [0.1, 0.15) is 5.82 Å². The van der Waals surface area contributed by atoms with Crippen LogP contribution in [0.15, 0.2) is 36.5 Å². The summed E-state index contributed by atoms with van der Waals surface area (Å²) in [5.74, 6) is 1.15. The molecule has 1 fully saturated rings. The first-order valence-corrected chi connectivity index (χ1v) is 8.65. The summed E-state index contributed by atoms with van der Waals surface area (Å²) in [4.78, 5) is 19.0. The number of hydrogen-bond donors (Lipinski definition) is 1. The molecule has 0 bridgehead atoms. The maximum Gasteiger partial charge on any atom is 0.254 e. The van der Waals surface area contributed by atoms with Crippen LogP contribution in [0.3, 0.4) is 0 Å². The molecule has 5 heteroatoms. The van der Waals surface area contributed by atoms with Crippen LogP contribution in [0.2, 0.25) is 5.02 Å². The largest absolute Gasteiger partial charge is 0.373 e. The maximum atomic E-state index is 12.8. The van der Waals surface area contributed by atoms with Crippen LogP contribution in [0.4, 0.5) is 5.82 Å². The number of piperidine rings is 1. The van der Waals surface area contributed by atoms with E-state index in [-0.39, 0.29) is 5.91 Å². The van der Waals surface area contributed by atoms with Crippen LogP contribution < -0.4 is 5.32 Å². The van der Waals surface area contributed by atoms with Crippen LogP contribution in [0.25, 0.3) is 0 Å². The summed E-state index contributed by atoms with van der Waals surface area (Å²) in [5, 5.41) is 3.74. The Kier molecular flexibility index (Phi) is 5.05. The Bertz CT molecular complexity index is 747. The highest BCUT2D eigenvalue weighted by atomic mass is 35.5. The zero-order chi connectivity index (χ0) is 17.1. The lowest BCUT2D eigenvalue weighted by Crippen LogP contribution is -2.39. The normalized spacial score (nSPS) is 17.6. The molecule has 1 atom stereocenters. The standard InChI is InChI=1S/C19H22ClN3O/c1-13-10-16(20)5-6-17(13)15-4-3-9-23(12-15)19(24)14-7-8-22-18(11-14)21-2/h5-8,10-11,15H,3-4,9,12H2,1-2H3,(H,21,22). The molecular formula is C19H22ClN3O. The molecule has 1 saturated heterocycles. The molecule has 1 aromatic carbocycles. The van der Waals surface area contributed by atoms with Gasteiger partial charge in [-0.2, -0.15) is 0 Å². The monoisotopic (exact) mass is 343 g/mol. The van der Waals surface area contributed by atoms with E-state index in [0.717, 1.165) is 31.0 Å². The van der Waals surface area contributed by atoms with Crippen LogP contribution in [0.5, 0.6) is 0 Å². The number of aryl methyl sites for hydroxylation is 1. The maximum absolute atomic E-state index is 12.8. The summed E-state index contributed by atoms with van der Waals surface area (Å²) in [6, 6.07) is 9.62. The topological polar surface area (TPSA) is 45.2 Å². The average molecular weight is 344 g/mol. The Labute approximate surface area is 147 Å². The number of pyridine rings is 1. The Morgan fingerprint density at radius 2 is 2.17 bits per heavy atom. The van der Waals surface area contributed by atoms with E-state index in [0.29, 0.717) is 17.3 Å². The van der Waals surface area contributed by atoms with Crippen molar-refractivity contribution < 1.29 is 4.79 Å². The van der Waals surface area contributed by atoms with E-state index in [2.05, 4.69) is 23.3 Å². The van der Waals surface area contributed by atoms with E-state index in [9.17, 15) is 4.79 Å². The van der Waals surface area contributed by atoms with Crippen molar-refractivity contribution in [3.05, 3.63) is 58.2 Å². The van der Waals surface area contributed by atoms with Crippen molar-refractivity contribution in [2.75, 3.05) is 25.5 Å². The number of aromatic nitrogens is 1. The lowest BCUT2D eigenvalue weighted by molar-refractivity contribution is 0.0707. The van der Waals surface area contributed by atoms with Crippen LogP contribution in [-0.4, -0.2) is 35.9 Å². The molecule has 4 nitrogen and oxygen atoms in total. The van der Waals surface area contributed by atoms with Gasteiger partial charge >= 0.3 is 0 Å². The Morgan fingerprint density at radius 3 is 2.92 bits per heavy atom. The number of carbonyl (C=O) groups excluding carboxylic acids is 1. The first-order chi connectivity index (χ1) is 11.6. The number of hydrogen-bond acceptors (Lipinski definition) is 3. The van der Waals surface area contributed by atoms with Gasteiger partial charge in [0.2, 0.25) is 0 Å². The number of amides is 1. The molecular weight excluding hydrogens is 322 g/mol. The van der Waals surface area contributed by atoms with Gasteiger partial charge in [0, 0.05) is 42.8 Å². The molecule has 24 heavy (non-hydrogen) atoms. The van der Waals surface area contributed by atoms with E-state index in [1.165, 1.54) is 11.1 Å². The number of nitrogens with zero attached hydrogens (tertiary/aromatic N) is 2. The van der Waals surface area contributed by atoms with Crippen LogP contribution in [0, 0.1) is 6.92 Å². The Morgan fingerprint density at radius 1 is 1.33 bits per heavy atom. The highest BCUT2D eigenvalue weighted by molar-refractivity contribution is 6.30. The zero-order valence-electron chi connectivity index (χ0n) is 14.1. The van der Waals surface area contributed by atoms with Crippen molar-refractivity contribution in [2.24, 2.45) is 0 Å². The van der Waals surface area contributed by atoms with Crippen LogP contribution in [0.1, 0.15) is 40.2 Å². The van der Waals surface area contributed by atoms with E-state index < -0.39 is 0 Å². The van der Waals surface area contributed by atoms with Crippen LogP contribution >= 0.6 is 11.6 Å². The lowest BCUT2D eigenvalue weighted by atomic mass is 9.88. The van der Waals surface area contributed by atoms with Gasteiger partial charge in [-0.15, -0.1) is 0 Å². The minimum absolute atomic E-state index is 0.0743. The third kappa shape index (κ3) is 3.54. The van der Waals surface area contributed by atoms with Gasteiger partial charge in [-0.3, -0.25) is 4.79 Å². The molecule has 1 N–H and O–H groups in total. The zero-order valence-corrected chi connectivity index (χ0v) is 14.8. The summed E-state index contributed by atoms with van der Waals surface area (Å²) < 4.78 is 0. The number of likely N-dealkylation sites (tertiary alicyclic amines) is 1. The fraction of sp³-hybridized carbons (Fsp3) is 0.368. The van der Waals surface area contributed by atoms with Gasteiger partial charge in [0.15, 0.2) is 0 Å². The second kappa shape index (κ2) is 7.22. The predicted octanol–water partition coefficient (Wildman–Crippen LogP) is 4.10. The number of halogens is 1. The second-order valence-corrected chi connectivity index (χ2v) is 6.71. The number of rotatable bonds is 3. The molecule has 2 aromatic rings. The summed E-state index contributed by atoms with van der Waals surface area (Å²) in [7, 11) is 1.80. The van der Waals surface area contributed by atoms with Crippen molar-refractivity contribution in [3.8, 4) is 0 Å². The van der Waals surface area contributed by atoms with Gasteiger partial charge in [-0.05, 0) is 55.2 Å². The summed E-state index contributed by atoms with van der Waals surface area (Å²) in [6.45, 7) is 3.64. The summed E-state index contributed by atoms with van der Waals surface area (Å²) >= 11 is 6.07. The van der Waals surface area contributed by atoms with Gasteiger partial charge in [0.05, 0.1) is 0 Å². The van der Waals surface area contributed by atoms with Crippen molar-refractivity contribution in [3.63, 3.8) is 0 Å². The SMILES string of the molecule is CNc1cc(C(=O)N2CCCC(c3ccc(Cl)cc3C)C2)ccn1. The van der Waals surface area contributed by atoms with Gasteiger partial charge in [-0.25, -0.2) is 4.98 Å². The molecule has 0 aliphatic carbocycles. The smallest absolute Gasteiger partial charge is 0.254 e. The fourth-order valence-electron chi connectivity index (χ4n) is 3.40. The molecule has 0 radical (unpaired) electrons. The quantitative estimate of drug-likeness (QED) is 0.912. The highest BCUT2D eigenvalue weighted by Gasteiger charge is 2.26. The van der Waals surface area contributed by atoms with E-state index in [1.54, 1.807) is 25.4 Å². The summed E-state index contributed by atoms with van der Waals surface area (Å²) in [6.07, 6.45) is 3.79. The lowest BCUT2D eigenvalue weighted by Gasteiger charge is -2.34. The molecule has 3 rings (SSSR count). The van der Waals surface area contributed by atoms with E-state index in [1.807, 2.05) is 17.0 Å². The average Bonchev–Trinajstić information content (AvgIpc) is 2.61. The number of benzene rings is 1. The molecule has 1 aliphatic heterocycles. The molecule has 0 saturated carbocycles. The molecule has 1 unspecified atom stereocenters. The van der Waals surface area contributed by atoms with Crippen molar-refractivity contribution in [1.29, 1.82) is 0 Å². The minimum Gasteiger partial charge on any atom is -0.373 e. The van der Waals surface area contributed by atoms with Gasteiger partial charge in [0.25, 0.3) is 5.91 Å². The second-order valence-electron chi connectivity index (χ2n) is 6.27. The number of anilines is 1. The Hall–Kier alpha value is -2.07. The molecule has 1 aliphatic rings. The molecule has 0 spiro atoms. The molecule has 126 valence electrons. The van der Waals surface area contributed by atoms with Gasteiger partial charge < -0.3 is 10.2 Å². The third-order valence-corrected chi connectivity index (χ3v) is 4.88. The van der Waals surface area contributed by atoms with Gasteiger partial charge in [-0.1, -0.05) is 17.7 Å². The first kappa shape index (κ1) is 16.8. The highest BCUT2D eigenvalue weighted by Crippen LogP contribution is 2.31. The number of nitrogens with one attached hydrogen (secondary N) is 1. The number of carbonyl (C=O) groups is 1. The van der Waals surface area contributed by atoms with E-state index >= 15 is 0 Å². The van der Waals surface area contributed by atoms with Crippen molar-refractivity contribution >= 4 is 23.3 Å². The molecule has 1 aromatic heterocycles. The molecule has 1 amide bonds. The van der Waals surface area contributed by atoms with E-state index in [4.69, 9.17) is 11.6 Å². The van der Waals surface area contributed by atoms with Crippen molar-refractivity contribution in [1.82, 2.24) is 9.88 Å². The van der Waals surface area contributed by atoms with Crippen molar-refractivity contribution in [2.45, 2.75) is 25.7 Å². The molecule has 2 heterocycles. The fourth-order valence-corrected chi connectivity index (χ4v) is 3.62. The summed E-state index contributed by atoms with van der Waals surface area (Å²) in [5.41, 5.74) is 3.17. The minimum atomic E-state index is 0.0743. The third-order valence-electron chi connectivity index (χ3n) is 4.64. The van der Waals surface area contributed by atoms with Crippen LogP contribution in [-0.2, 0) is 0 Å².